The number of hydrogen-bond acceptors (Lipinski definition) is 4. The van der Waals surface area contributed by atoms with E-state index < -0.39 is 0 Å². The number of amides is 2. The summed E-state index contributed by atoms with van der Waals surface area (Å²) in [5.41, 5.74) is 2.92. The van der Waals surface area contributed by atoms with Gasteiger partial charge < -0.3 is 15.4 Å². The van der Waals surface area contributed by atoms with Crippen LogP contribution < -0.4 is 15.4 Å². The molecule has 7 nitrogen and oxygen atoms in total. The molecular weight excluding hydrogens is 356 g/mol. The molecule has 0 unspecified atom stereocenters. The molecule has 144 valence electrons. The van der Waals surface area contributed by atoms with E-state index in [-0.39, 0.29) is 18.4 Å². The lowest BCUT2D eigenvalue weighted by molar-refractivity contribution is -0.122. The van der Waals surface area contributed by atoms with Crippen LogP contribution in [0.15, 0.2) is 60.8 Å². The topological polar surface area (TPSA) is 85.2 Å². The Morgan fingerprint density at radius 3 is 2.43 bits per heavy atom. The van der Waals surface area contributed by atoms with E-state index in [0.717, 1.165) is 11.4 Å². The van der Waals surface area contributed by atoms with Crippen molar-refractivity contribution in [3.05, 3.63) is 72.1 Å². The highest BCUT2D eigenvalue weighted by Gasteiger charge is 2.17. The number of para-hydroxylation sites is 1. The minimum Gasteiger partial charge on any atom is -0.484 e. The van der Waals surface area contributed by atoms with E-state index >= 15 is 0 Å². The molecule has 3 rings (SSSR count). The summed E-state index contributed by atoms with van der Waals surface area (Å²) in [6.07, 6.45) is 2.26. The van der Waals surface area contributed by atoms with Crippen LogP contribution in [0.4, 0.5) is 5.69 Å². The molecule has 1 aromatic heterocycles. The van der Waals surface area contributed by atoms with Crippen LogP contribution in [0.1, 0.15) is 23.0 Å². The Morgan fingerprint density at radius 1 is 1.07 bits per heavy atom. The van der Waals surface area contributed by atoms with Crippen LogP contribution in [0.3, 0.4) is 0 Å². The van der Waals surface area contributed by atoms with Crippen molar-refractivity contribution in [3.8, 4) is 11.4 Å². The summed E-state index contributed by atoms with van der Waals surface area (Å²) in [5.74, 6) is 0.116. The number of carbonyl (C=O) groups excluding carboxylic acids is 2. The number of hydrogen-bond donors (Lipinski definition) is 2. The number of aromatic nitrogens is 2. The molecular formula is C21H22N4O3. The molecule has 2 N–H and O–H groups in total. The molecule has 0 aliphatic carbocycles. The van der Waals surface area contributed by atoms with Gasteiger partial charge >= 0.3 is 0 Å². The normalized spacial score (nSPS) is 10.4. The smallest absolute Gasteiger partial charge is 0.259 e. The van der Waals surface area contributed by atoms with Crippen molar-refractivity contribution in [1.29, 1.82) is 0 Å². The number of likely N-dealkylation sites (N-methyl/N-ethyl adjacent to an activating group) is 1. The Morgan fingerprint density at radius 2 is 1.79 bits per heavy atom. The average molecular weight is 378 g/mol. The number of benzene rings is 2. The predicted molar refractivity (Wildman–Crippen MR) is 107 cm³/mol. The zero-order chi connectivity index (χ0) is 19.9. The van der Waals surface area contributed by atoms with E-state index in [1.807, 2.05) is 37.3 Å². The zero-order valence-corrected chi connectivity index (χ0v) is 15.8. The van der Waals surface area contributed by atoms with E-state index in [1.165, 1.54) is 0 Å². The van der Waals surface area contributed by atoms with Crippen LogP contribution in [0.2, 0.25) is 0 Å². The van der Waals surface area contributed by atoms with Gasteiger partial charge in [-0.2, -0.15) is 5.10 Å². The molecule has 0 atom stereocenters. The molecule has 0 fully saturated rings. The lowest BCUT2D eigenvalue weighted by atomic mass is 10.2. The van der Waals surface area contributed by atoms with Crippen molar-refractivity contribution >= 4 is 17.5 Å². The highest BCUT2D eigenvalue weighted by Crippen LogP contribution is 2.19. The molecule has 0 saturated heterocycles. The Balaban J connectivity index is 1.71. The summed E-state index contributed by atoms with van der Waals surface area (Å²) in [4.78, 5) is 23.9. The summed E-state index contributed by atoms with van der Waals surface area (Å²) in [7, 11) is 1.55. The maximum atomic E-state index is 12.7. The van der Waals surface area contributed by atoms with Gasteiger partial charge in [-0.1, -0.05) is 25.1 Å². The number of rotatable bonds is 7. The van der Waals surface area contributed by atoms with Gasteiger partial charge in [-0.15, -0.1) is 0 Å². The molecule has 28 heavy (non-hydrogen) atoms. The van der Waals surface area contributed by atoms with E-state index in [4.69, 9.17) is 4.74 Å². The molecule has 7 heteroatoms. The largest absolute Gasteiger partial charge is 0.484 e. The summed E-state index contributed by atoms with van der Waals surface area (Å²) in [6.45, 7) is 1.94. The van der Waals surface area contributed by atoms with Gasteiger partial charge in [0.05, 0.1) is 23.1 Å². The fourth-order valence-electron chi connectivity index (χ4n) is 2.75. The molecule has 0 bridgehead atoms. The van der Waals surface area contributed by atoms with Crippen molar-refractivity contribution < 1.29 is 14.3 Å². The lowest BCUT2D eigenvalue weighted by Gasteiger charge is -2.09. The Kier molecular flexibility index (Phi) is 6.06. The van der Waals surface area contributed by atoms with E-state index in [1.54, 1.807) is 42.2 Å². The highest BCUT2D eigenvalue weighted by atomic mass is 16.5. The Labute approximate surface area is 163 Å². The maximum Gasteiger partial charge on any atom is 0.259 e. The minimum atomic E-state index is -0.224. The van der Waals surface area contributed by atoms with Gasteiger partial charge in [0.2, 0.25) is 0 Å². The minimum absolute atomic E-state index is 0.0548. The molecule has 0 spiro atoms. The fourth-order valence-corrected chi connectivity index (χ4v) is 2.75. The molecule has 0 aliphatic heterocycles. The zero-order valence-electron chi connectivity index (χ0n) is 15.8. The number of nitrogens with zero attached hydrogens (tertiary/aromatic N) is 2. The first-order valence-corrected chi connectivity index (χ1v) is 8.99. The van der Waals surface area contributed by atoms with Crippen LogP contribution in [-0.4, -0.2) is 35.2 Å². The van der Waals surface area contributed by atoms with E-state index in [0.29, 0.717) is 23.4 Å². The monoisotopic (exact) mass is 378 g/mol. The fraction of sp³-hybridized carbons (Fsp3) is 0.190. The third kappa shape index (κ3) is 4.37. The molecule has 0 radical (unpaired) electrons. The van der Waals surface area contributed by atoms with E-state index in [9.17, 15) is 9.59 Å². The van der Waals surface area contributed by atoms with Gasteiger partial charge in [0.1, 0.15) is 5.75 Å². The second-order valence-corrected chi connectivity index (χ2v) is 6.05. The number of ether oxygens (including phenoxy) is 1. The van der Waals surface area contributed by atoms with Crippen LogP contribution >= 0.6 is 0 Å². The third-order valence-corrected chi connectivity index (χ3v) is 4.21. The predicted octanol–water partition coefficient (Wildman–Crippen LogP) is 2.81. The molecule has 3 aromatic rings. The third-order valence-electron chi connectivity index (χ3n) is 4.21. The summed E-state index contributed by atoms with van der Waals surface area (Å²) in [6, 6.07) is 16.6. The molecule has 0 saturated carbocycles. The molecule has 2 amide bonds. The first kappa shape index (κ1) is 19.2. The van der Waals surface area contributed by atoms with Crippen molar-refractivity contribution in [3.63, 3.8) is 0 Å². The first-order chi connectivity index (χ1) is 13.6. The summed E-state index contributed by atoms with van der Waals surface area (Å²) >= 11 is 0. The first-order valence-electron chi connectivity index (χ1n) is 8.99. The van der Waals surface area contributed by atoms with Gasteiger partial charge in [0.25, 0.3) is 11.8 Å². The summed E-state index contributed by atoms with van der Waals surface area (Å²) in [5, 5.41) is 9.74. The number of anilines is 1. The van der Waals surface area contributed by atoms with Crippen LogP contribution in [0.5, 0.6) is 5.75 Å². The standard InChI is InChI=1S/C21H22N4O3/c1-3-19-18(13-23-25(19)16-7-5-4-6-8-16)21(27)24-15-9-11-17(12-10-15)28-14-20(26)22-2/h4-13H,3,14H2,1-2H3,(H,22,26)(H,24,27). The second-order valence-electron chi connectivity index (χ2n) is 6.05. The van der Waals surface area contributed by atoms with E-state index in [2.05, 4.69) is 15.7 Å². The average Bonchev–Trinajstić information content (AvgIpc) is 3.18. The lowest BCUT2D eigenvalue weighted by Crippen LogP contribution is -2.24. The molecule has 0 aliphatic rings. The van der Waals surface area contributed by atoms with Gasteiger partial charge in [0, 0.05) is 12.7 Å². The maximum absolute atomic E-state index is 12.7. The molecule has 2 aromatic carbocycles. The van der Waals surface area contributed by atoms with Gasteiger partial charge in [-0.25, -0.2) is 4.68 Å². The van der Waals surface area contributed by atoms with Crippen molar-refractivity contribution in [2.24, 2.45) is 0 Å². The van der Waals surface area contributed by atoms with Crippen LogP contribution in [0, 0.1) is 0 Å². The van der Waals surface area contributed by atoms with Crippen LogP contribution in [0.25, 0.3) is 5.69 Å². The number of carbonyl (C=O) groups is 2. The molecule has 1 heterocycles. The van der Waals surface area contributed by atoms with Crippen molar-refractivity contribution in [2.45, 2.75) is 13.3 Å². The van der Waals surface area contributed by atoms with Gasteiger partial charge in [-0.3, -0.25) is 9.59 Å². The Hall–Kier alpha value is -3.61. The van der Waals surface area contributed by atoms with Crippen molar-refractivity contribution in [2.75, 3.05) is 19.0 Å². The summed E-state index contributed by atoms with van der Waals surface area (Å²) < 4.78 is 7.14. The highest BCUT2D eigenvalue weighted by molar-refractivity contribution is 6.05. The van der Waals surface area contributed by atoms with Crippen molar-refractivity contribution in [1.82, 2.24) is 15.1 Å². The van der Waals surface area contributed by atoms with Gasteiger partial charge in [-0.05, 0) is 42.8 Å². The second kappa shape index (κ2) is 8.85. The van der Waals surface area contributed by atoms with Crippen LogP contribution in [-0.2, 0) is 11.2 Å². The quantitative estimate of drug-likeness (QED) is 0.662. The number of nitrogens with one attached hydrogen (secondary N) is 2. The SMILES string of the molecule is CCc1c(C(=O)Nc2ccc(OCC(=O)NC)cc2)cnn1-c1ccccc1. The van der Waals surface area contributed by atoms with Gasteiger partial charge in [0.15, 0.2) is 6.61 Å². The Bertz CT molecular complexity index is 950.